The van der Waals surface area contributed by atoms with Crippen molar-refractivity contribution < 1.29 is 9.90 Å². The Morgan fingerprint density at radius 3 is 2.44 bits per heavy atom. The molecule has 3 heteroatoms. The molecule has 18 heavy (non-hydrogen) atoms. The molecule has 0 saturated carbocycles. The first-order valence-corrected chi connectivity index (χ1v) is 6.15. The summed E-state index contributed by atoms with van der Waals surface area (Å²) in [4.78, 5) is 12.2. The van der Waals surface area contributed by atoms with Gasteiger partial charge in [-0.2, -0.15) is 0 Å². The Labute approximate surface area is 107 Å². The fraction of sp³-hybridized carbons (Fsp3) is 0.267. The zero-order valence-corrected chi connectivity index (χ0v) is 10.2. The van der Waals surface area contributed by atoms with Crippen molar-refractivity contribution in [3.8, 4) is 0 Å². The first-order valence-electron chi connectivity index (χ1n) is 6.15. The molecule has 1 fully saturated rings. The molecule has 2 rings (SSSR count). The third kappa shape index (κ3) is 3.48. The smallest absolute Gasteiger partial charge is 0.407 e. The Hall–Kier alpha value is -2.03. The Morgan fingerprint density at radius 1 is 1.17 bits per heavy atom. The molecule has 0 radical (unpaired) electrons. The molecular formula is C15H17NO2. The van der Waals surface area contributed by atoms with Gasteiger partial charge in [0.2, 0.25) is 0 Å². The van der Waals surface area contributed by atoms with Crippen LogP contribution in [0, 0.1) is 0 Å². The summed E-state index contributed by atoms with van der Waals surface area (Å²) in [6.45, 7) is 1.22. The van der Waals surface area contributed by atoms with Crippen LogP contribution in [-0.4, -0.2) is 29.2 Å². The van der Waals surface area contributed by atoms with Crippen molar-refractivity contribution in [2.75, 3.05) is 13.1 Å². The number of hydrogen-bond acceptors (Lipinski definition) is 1. The average Bonchev–Trinajstić information content (AvgIpc) is 2.40. The van der Waals surface area contributed by atoms with Crippen molar-refractivity contribution in [3.05, 3.63) is 53.6 Å². The second-order valence-corrected chi connectivity index (χ2v) is 4.36. The van der Waals surface area contributed by atoms with Crippen molar-refractivity contribution in [1.29, 1.82) is 0 Å². The van der Waals surface area contributed by atoms with Crippen molar-refractivity contribution in [1.82, 2.24) is 4.90 Å². The van der Waals surface area contributed by atoms with Crippen molar-refractivity contribution >= 4 is 12.2 Å². The highest BCUT2D eigenvalue weighted by atomic mass is 16.4. The van der Waals surface area contributed by atoms with Crippen LogP contribution in [0.3, 0.4) is 0 Å². The lowest BCUT2D eigenvalue weighted by Gasteiger charge is -2.25. The molecule has 0 aliphatic carbocycles. The van der Waals surface area contributed by atoms with E-state index in [1.165, 1.54) is 16.0 Å². The summed E-state index contributed by atoms with van der Waals surface area (Å²) in [6.07, 6.45) is 7.08. The second kappa shape index (κ2) is 6.05. The third-order valence-electron chi connectivity index (χ3n) is 3.10. The zero-order chi connectivity index (χ0) is 12.8. The lowest BCUT2D eigenvalue weighted by molar-refractivity contribution is 0.141. The fourth-order valence-electron chi connectivity index (χ4n) is 2.01. The maximum atomic E-state index is 10.8. The average molecular weight is 243 g/mol. The van der Waals surface area contributed by atoms with Gasteiger partial charge in [0.1, 0.15) is 0 Å². The van der Waals surface area contributed by atoms with Crippen LogP contribution in [0.4, 0.5) is 4.79 Å². The molecule has 1 aliphatic heterocycles. The van der Waals surface area contributed by atoms with E-state index in [2.05, 4.69) is 24.3 Å². The van der Waals surface area contributed by atoms with Crippen LogP contribution in [0.1, 0.15) is 18.4 Å². The van der Waals surface area contributed by atoms with Crippen LogP contribution in [0.2, 0.25) is 0 Å². The molecule has 1 heterocycles. The Morgan fingerprint density at radius 2 is 1.83 bits per heavy atom. The van der Waals surface area contributed by atoms with Crippen LogP contribution in [0.25, 0.3) is 6.08 Å². The molecule has 0 unspecified atom stereocenters. The van der Waals surface area contributed by atoms with Crippen LogP contribution in [0.15, 0.2) is 48.1 Å². The molecule has 1 N–H and O–H groups in total. The maximum Gasteiger partial charge on any atom is 0.407 e. The van der Waals surface area contributed by atoms with Gasteiger partial charge in [-0.1, -0.05) is 54.1 Å². The Bertz CT molecular complexity index is 453. The summed E-state index contributed by atoms with van der Waals surface area (Å²) < 4.78 is 0. The molecule has 1 aliphatic rings. The Balaban J connectivity index is 1.88. The van der Waals surface area contributed by atoms with Gasteiger partial charge in [-0.05, 0) is 18.4 Å². The van der Waals surface area contributed by atoms with Gasteiger partial charge in [0.15, 0.2) is 0 Å². The van der Waals surface area contributed by atoms with Gasteiger partial charge in [-0.25, -0.2) is 4.79 Å². The molecule has 3 nitrogen and oxygen atoms in total. The van der Waals surface area contributed by atoms with Crippen molar-refractivity contribution in [2.24, 2.45) is 0 Å². The minimum Gasteiger partial charge on any atom is -0.465 e. The highest BCUT2D eigenvalue weighted by Crippen LogP contribution is 2.16. The standard InChI is InChI=1S/C15H17NO2/c17-15(18)16-11-9-14(10-12-16)8-4-7-13-5-2-1-3-6-13/h1-8H,9-12H2,(H,17,18). The monoisotopic (exact) mass is 243 g/mol. The second-order valence-electron chi connectivity index (χ2n) is 4.36. The van der Waals surface area contributed by atoms with Crippen molar-refractivity contribution in [3.63, 3.8) is 0 Å². The molecule has 0 spiro atoms. The van der Waals surface area contributed by atoms with Crippen LogP contribution in [-0.2, 0) is 0 Å². The topological polar surface area (TPSA) is 40.5 Å². The number of hydrogen-bond donors (Lipinski definition) is 1. The van der Waals surface area contributed by atoms with Crippen LogP contribution < -0.4 is 0 Å². The minimum atomic E-state index is -0.811. The van der Waals surface area contributed by atoms with E-state index in [-0.39, 0.29) is 0 Å². The minimum absolute atomic E-state index is 0.611. The maximum absolute atomic E-state index is 10.8. The van der Waals surface area contributed by atoms with Gasteiger partial charge in [-0.3, -0.25) is 0 Å². The van der Waals surface area contributed by atoms with E-state index in [4.69, 9.17) is 5.11 Å². The van der Waals surface area contributed by atoms with E-state index >= 15 is 0 Å². The molecule has 1 aromatic rings. The van der Waals surface area contributed by atoms with Crippen molar-refractivity contribution in [2.45, 2.75) is 12.8 Å². The van der Waals surface area contributed by atoms with Gasteiger partial charge in [0.05, 0.1) is 0 Å². The van der Waals surface area contributed by atoms with Gasteiger partial charge in [-0.15, -0.1) is 0 Å². The lowest BCUT2D eigenvalue weighted by atomic mass is 10.0. The van der Waals surface area contributed by atoms with E-state index in [0.29, 0.717) is 13.1 Å². The summed E-state index contributed by atoms with van der Waals surface area (Å²) in [5.41, 5.74) is 2.50. The summed E-state index contributed by atoms with van der Waals surface area (Å²) in [6, 6.07) is 10.1. The molecule has 1 aromatic carbocycles. The summed E-state index contributed by atoms with van der Waals surface area (Å²) in [5.74, 6) is 0. The highest BCUT2D eigenvalue weighted by molar-refractivity contribution is 5.65. The van der Waals surface area contributed by atoms with Gasteiger partial charge < -0.3 is 10.0 Å². The molecule has 0 aromatic heterocycles. The summed E-state index contributed by atoms with van der Waals surface area (Å²) in [5, 5.41) is 8.84. The lowest BCUT2D eigenvalue weighted by Crippen LogP contribution is -2.35. The van der Waals surface area contributed by atoms with Gasteiger partial charge in [0.25, 0.3) is 0 Å². The molecule has 1 saturated heterocycles. The van der Waals surface area contributed by atoms with E-state index in [9.17, 15) is 4.79 Å². The summed E-state index contributed by atoms with van der Waals surface area (Å²) in [7, 11) is 0. The van der Waals surface area contributed by atoms with Crippen LogP contribution in [0.5, 0.6) is 0 Å². The first kappa shape index (κ1) is 12.4. The normalized spacial score (nSPS) is 16.0. The highest BCUT2D eigenvalue weighted by Gasteiger charge is 2.16. The molecule has 0 atom stereocenters. The molecule has 0 bridgehead atoms. The largest absolute Gasteiger partial charge is 0.465 e. The van der Waals surface area contributed by atoms with E-state index in [1.807, 2.05) is 24.3 Å². The zero-order valence-electron chi connectivity index (χ0n) is 10.2. The number of rotatable bonds is 2. The number of carboxylic acid groups (broad SMARTS) is 1. The van der Waals surface area contributed by atoms with E-state index < -0.39 is 6.09 Å². The molecular weight excluding hydrogens is 226 g/mol. The number of allylic oxidation sites excluding steroid dienone is 2. The number of likely N-dealkylation sites (tertiary alicyclic amines) is 1. The Kier molecular flexibility index (Phi) is 4.18. The number of benzene rings is 1. The number of piperidine rings is 1. The van der Waals surface area contributed by atoms with Crippen LogP contribution >= 0.6 is 0 Å². The number of nitrogens with zero attached hydrogens (tertiary/aromatic N) is 1. The predicted octanol–water partition coefficient (Wildman–Crippen LogP) is 3.40. The number of carbonyl (C=O) groups is 1. The predicted molar refractivity (Wildman–Crippen MR) is 72.4 cm³/mol. The van der Waals surface area contributed by atoms with E-state index in [1.54, 1.807) is 0 Å². The summed E-state index contributed by atoms with van der Waals surface area (Å²) >= 11 is 0. The quantitative estimate of drug-likeness (QED) is 0.864. The van der Waals surface area contributed by atoms with E-state index in [0.717, 1.165) is 12.8 Å². The number of amides is 1. The van der Waals surface area contributed by atoms with Gasteiger partial charge >= 0.3 is 6.09 Å². The van der Waals surface area contributed by atoms with Gasteiger partial charge in [0, 0.05) is 13.1 Å². The first-order chi connectivity index (χ1) is 8.75. The fourth-order valence-corrected chi connectivity index (χ4v) is 2.01. The SMILES string of the molecule is O=C(O)N1CCC(=CC=Cc2ccccc2)CC1. The molecule has 94 valence electrons. The molecule has 1 amide bonds. The third-order valence-corrected chi connectivity index (χ3v) is 3.10.